The molecule has 1 amide bonds. The summed E-state index contributed by atoms with van der Waals surface area (Å²) in [4.78, 5) is 23.3. The van der Waals surface area contributed by atoms with Gasteiger partial charge in [-0.05, 0) is 43.2 Å². The Hall–Kier alpha value is -2.63. The Kier molecular flexibility index (Phi) is 4.71. The number of anilines is 2. The number of carbonyl (C=O) groups excluding carboxylic acids is 1. The molecule has 0 radical (unpaired) electrons. The molecule has 6 heteroatoms. The molecule has 0 bridgehead atoms. The third-order valence-corrected chi connectivity index (χ3v) is 3.08. The molecule has 0 atom stereocenters. The summed E-state index contributed by atoms with van der Waals surface area (Å²) in [6.07, 6.45) is 2.43. The number of carbonyl (C=O) groups is 1. The van der Waals surface area contributed by atoms with Crippen molar-refractivity contribution in [2.24, 2.45) is 0 Å². The molecule has 1 heterocycles. The summed E-state index contributed by atoms with van der Waals surface area (Å²) < 4.78 is 1.35. The van der Waals surface area contributed by atoms with Gasteiger partial charge in [-0.3, -0.25) is 9.59 Å². The summed E-state index contributed by atoms with van der Waals surface area (Å²) in [7, 11) is 0. The number of nitrogens with two attached hydrogens (primary N) is 1. The van der Waals surface area contributed by atoms with Crippen molar-refractivity contribution in [3.63, 3.8) is 0 Å². The van der Waals surface area contributed by atoms with Gasteiger partial charge in [0.15, 0.2) is 0 Å². The highest BCUT2D eigenvalue weighted by Gasteiger charge is 2.05. The second-order valence-corrected chi connectivity index (χ2v) is 4.81. The highest BCUT2D eigenvalue weighted by molar-refractivity contribution is 5.91. The van der Waals surface area contributed by atoms with Crippen LogP contribution < -0.4 is 16.6 Å². The summed E-state index contributed by atoms with van der Waals surface area (Å²) in [5, 5.41) is 6.78. The molecule has 0 saturated heterocycles. The monoisotopic (exact) mass is 286 g/mol. The van der Waals surface area contributed by atoms with E-state index in [9.17, 15) is 9.59 Å². The van der Waals surface area contributed by atoms with Gasteiger partial charge in [0.05, 0.1) is 0 Å². The van der Waals surface area contributed by atoms with Crippen LogP contribution >= 0.6 is 0 Å². The molecule has 0 fully saturated rings. The number of nitrogens with zero attached hydrogens (tertiary/aromatic N) is 2. The Labute approximate surface area is 122 Å². The average molecular weight is 286 g/mol. The number of amides is 1. The quantitative estimate of drug-likeness (QED) is 0.816. The Balaban J connectivity index is 1.85. The van der Waals surface area contributed by atoms with E-state index in [1.165, 1.54) is 10.7 Å². The number of aryl methyl sites for hydroxylation is 2. The average Bonchev–Trinajstić information content (AvgIpc) is 2.44. The van der Waals surface area contributed by atoms with Gasteiger partial charge < -0.3 is 11.1 Å². The maximum Gasteiger partial charge on any atom is 0.266 e. The van der Waals surface area contributed by atoms with Crippen LogP contribution in [-0.4, -0.2) is 15.7 Å². The Morgan fingerprint density at radius 2 is 2.19 bits per heavy atom. The lowest BCUT2D eigenvalue weighted by Crippen LogP contribution is -2.22. The summed E-state index contributed by atoms with van der Waals surface area (Å²) in [5.41, 5.74) is 7.85. The molecule has 3 N–H and O–H groups in total. The third kappa shape index (κ3) is 4.17. The van der Waals surface area contributed by atoms with Gasteiger partial charge in [0, 0.05) is 36.6 Å². The van der Waals surface area contributed by atoms with E-state index >= 15 is 0 Å². The molecule has 0 spiro atoms. The molecule has 2 rings (SSSR count). The minimum absolute atomic E-state index is 0.0909. The molecule has 1 aromatic heterocycles. The SMILES string of the molecule is Cc1cc(N)ccc1NC(=O)CCCn1ncccc1=O. The van der Waals surface area contributed by atoms with Crippen molar-refractivity contribution in [2.45, 2.75) is 26.3 Å². The predicted octanol–water partition coefficient (Wildman–Crippen LogP) is 1.55. The van der Waals surface area contributed by atoms with Crippen molar-refractivity contribution in [3.05, 3.63) is 52.4 Å². The lowest BCUT2D eigenvalue weighted by Gasteiger charge is -2.09. The lowest BCUT2D eigenvalue weighted by atomic mass is 10.1. The van der Waals surface area contributed by atoms with E-state index in [1.54, 1.807) is 24.4 Å². The largest absolute Gasteiger partial charge is 0.399 e. The number of hydrogen-bond donors (Lipinski definition) is 2. The Morgan fingerprint density at radius 1 is 1.38 bits per heavy atom. The fraction of sp³-hybridized carbons (Fsp3) is 0.267. The summed E-state index contributed by atoms with van der Waals surface area (Å²) in [6.45, 7) is 2.31. The van der Waals surface area contributed by atoms with E-state index in [-0.39, 0.29) is 11.5 Å². The fourth-order valence-corrected chi connectivity index (χ4v) is 1.98. The highest BCUT2D eigenvalue weighted by atomic mass is 16.1. The van der Waals surface area contributed by atoms with E-state index in [0.717, 1.165) is 11.3 Å². The first kappa shape index (κ1) is 14.8. The molecule has 110 valence electrons. The van der Waals surface area contributed by atoms with Crippen molar-refractivity contribution < 1.29 is 4.79 Å². The van der Waals surface area contributed by atoms with Crippen LogP contribution in [0.5, 0.6) is 0 Å². The molecule has 0 aliphatic heterocycles. The van der Waals surface area contributed by atoms with Gasteiger partial charge in [-0.25, -0.2) is 4.68 Å². The van der Waals surface area contributed by atoms with Crippen LogP contribution in [0.15, 0.2) is 41.3 Å². The van der Waals surface area contributed by atoms with Crippen LogP contribution in [0.4, 0.5) is 11.4 Å². The zero-order valence-corrected chi connectivity index (χ0v) is 11.9. The van der Waals surface area contributed by atoms with Crippen LogP contribution in [0, 0.1) is 6.92 Å². The van der Waals surface area contributed by atoms with Gasteiger partial charge in [0.25, 0.3) is 5.56 Å². The van der Waals surface area contributed by atoms with Crippen molar-refractivity contribution in [1.82, 2.24) is 9.78 Å². The summed E-state index contributed by atoms with van der Waals surface area (Å²) >= 11 is 0. The molecule has 6 nitrogen and oxygen atoms in total. The number of benzene rings is 1. The maximum atomic E-state index is 11.9. The van der Waals surface area contributed by atoms with Gasteiger partial charge in [-0.2, -0.15) is 5.10 Å². The second-order valence-electron chi connectivity index (χ2n) is 4.81. The van der Waals surface area contributed by atoms with Crippen molar-refractivity contribution in [2.75, 3.05) is 11.1 Å². The number of nitrogens with one attached hydrogen (secondary N) is 1. The molecule has 0 aliphatic rings. The number of aromatic nitrogens is 2. The Morgan fingerprint density at radius 3 is 2.90 bits per heavy atom. The first-order valence-electron chi connectivity index (χ1n) is 6.74. The van der Waals surface area contributed by atoms with Crippen molar-refractivity contribution in [3.8, 4) is 0 Å². The number of rotatable bonds is 5. The van der Waals surface area contributed by atoms with Gasteiger partial charge >= 0.3 is 0 Å². The molecule has 2 aromatic rings. The van der Waals surface area contributed by atoms with Crippen LogP contribution in [0.2, 0.25) is 0 Å². The molecule has 0 unspecified atom stereocenters. The van der Waals surface area contributed by atoms with E-state index in [4.69, 9.17) is 5.73 Å². The lowest BCUT2D eigenvalue weighted by molar-refractivity contribution is -0.116. The maximum absolute atomic E-state index is 11.9. The van der Waals surface area contributed by atoms with Crippen molar-refractivity contribution in [1.29, 1.82) is 0 Å². The molecule has 21 heavy (non-hydrogen) atoms. The smallest absolute Gasteiger partial charge is 0.266 e. The fourth-order valence-electron chi connectivity index (χ4n) is 1.98. The topological polar surface area (TPSA) is 90.0 Å². The van der Waals surface area contributed by atoms with Crippen LogP contribution in [0.25, 0.3) is 0 Å². The molecular weight excluding hydrogens is 268 g/mol. The summed E-state index contributed by atoms with van der Waals surface area (Å²) in [5.74, 6) is -0.0909. The first-order chi connectivity index (χ1) is 10.1. The third-order valence-electron chi connectivity index (χ3n) is 3.08. The van der Waals surface area contributed by atoms with Crippen LogP contribution in [-0.2, 0) is 11.3 Å². The molecule has 0 aliphatic carbocycles. The van der Waals surface area contributed by atoms with E-state index in [1.807, 2.05) is 13.0 Å². The Bertz CT molecular complexity index is 694. The van der Waals surface area contributed by atoms with Gasteiger partial charge in [-0.15, -0.1) is 0 Å². The standard InChI is InChI=1S/C15H18N4O2/c1-11-10-12(16)6-7-13(11)18-14(20)4-3-9-19-15(21)5-2-8-17-19/h2,5-8,10H,3-4,9,16H2,1H3,(H,18,20). The van der Waals surface area contributed by atoms with Crippen LogP contribution in [0.1, 0.15) is 18.4 Å². The normalized spacial score (nSPS) is 10.3. The van der Waals surface area contributed by atoms with E-state index in [2.05, 4.69) is 10.4 Å². The summed E-state index contributed by atoms with van der Waals surface area (Å²) in [6, 6.07) is 8.38. The van der Waals surface area contributed by atoms with Crippen molar-refractivity contribution >= 4 is 17.3 Å². The van der Waals surface area contributed by atoms with Gasteiger partial charge in [0.2, 0.25) is 5.91 Å². The van der Waals surface area contributed by atoms with E-state index < -0.39 is 0 Å². The minimum atomic E-state index is -0.160. The van der Waals surface area contributed by atoms with Crippen LogP contribution in [0.3, 0.4) is 0 Å². The second kappa shape index (κ2) is 6.69. The molecular formula is C15H18N4O2. The molecule has 0 saturated carbocycles. The predicted molar refractivity (Wildman–Crippen MR) is 82.0 cm³/mol. The molecule has 1 aromatic carbocycles. The van der Waals surface area contributed by atoms with Gasteiger partial charge in [0.1, 0.15) is 0 Å². The van der Waals surface area contributed by atoms with Gasteiger partial charge in [-0.1, -0.05) is 0 Å². The zero-order chi connectivity index (χ0) is 15.2. The van der Waals surface area contributed by atoms with E-state index in [0.29, 0.717) is 25.1 Å². The number of nitrogen functional groups attached to an aromatic ring is 1. The number of hydrogen-bond acceptors (Lipinski definition) is 4. The first-order valence-corrected chi connectivity index (χ1v) is 6.74. The zero-order valence-electron chi connectivity index (χ0n) is 11.9. The highest BCUT2D eigenvalue weighted by Crippen LogP contribution is 2.17. The minimum Gasteiger partial charge on any atom is -0.399 e.